The average Bonchev–Trinajstić information content (AvgIpc) is 2.54. The lowest BCUT2D eigenvalue weighted by molar-refractivity contribution is -0.156. The van der Waals surface area contributed by atoms with Crippen LogP contribution in [0.15, 0.2) is 60.2 Å². The number of Topliss-reactive ketones (excluding diaryl/α,β-unsaturated/α-hetero) is 1. The second kappa shape index (κ2) is 8.48. The third-order valence-corrected chi connectivity index (χ3v) is 3.24. The molecule has 0 fully saturated rings. The maximum atomic E-state index is 11.1. The van der Waals surface area contributed by atoms with Crippen molar-refractivity contribution >= 4 is 28.5 Å². The van der Waals surface area contributed by atoms with Gasteiger partial charge in [0.2, 0.25) is 5.92 Å². The number of benzene rings is 2. The molecular formula is C18H18O5. The third-order valence-electron chi connectivity index (χ3n) is 3.24. The van der Waals surface area contributed by atoms with E-state index in [1.165, 1.54) is 30.7 Å². The smallest absolute Gasteiger partial charge is 0.325 e. The van der Waals surface area contributed by atoms with Crippen LogP contribution >= 0.6 is 0 Å². The van der Waals surface area contributed by atoms with E-state index in [1.807, 2.05) is 0 Å². The predicted octanol–water partition coefficient (Wildman–Crippen LogP) is 3.15. The SMILES string of the molecule is CC=C(C)C(=O)C(C(=O)O)C(=O)O.c1ccc2ccccc2c1. The number of ketones is 1. The lowest BCUT2D eigenvalue weighted by Crippen LogP contribution is -2.32. The Morgan fingerprint density at radius 2 is 1.22 bits per heavy atom. The fraction of sp³-hybridized carbons (Fsp3) is 0.167. The first kappa shape index (κ1) is 18.1. The number of carboxylic acids is 2. The van der Waals surface area contributed by atoms with E-state index in [4.69, 9.17) is 10.2 Å². The summed E-state index contributed by atoms with van der Waals surface area (Å²) in [7, 11) is 0. The van der Waals surface area contributed by atoms with Crippen LogP contribution in [0.1, 0.15) is 13.8 Å². The predicted molar refractivity (Wildman–Crippen MR) is 87.1 cm³/mol. The van der Waals surface area contributed by atoms with Crippen LogP contribution in [0.2, 0.25) is 0 Å². The van der Waals surface area contributed by atoms with Crippen LogP contribution in [-0.4, -0.2) is 27.9 Å². The Balaban J connectivity index is 0.000000235. The molecule has 0 saturated carbocycles. The molecule has 2 aromatic rings. The van der Waals surface area contributed by atoms with Gasteiger partial charge in [-0.25, -0.2) is 0 Å². The van der Waals surface area contributed by atoms with Gasteiger partial charge in [0.15, 0.2) is 5.78 Å². The summed E-state index contributed by atoms with van der Waals surface area (Å²) in [6.07, 6.45) is 1.38. The summed E-state index contributed by atoms with van der Waals surface area (Å²) in [5, 5.41) is 19.5. The van der Waals surface area contributed by atoms with E-state index in [9.17, 15) is 14.4 Å². The largest absolute Gasteiger partial charge is 0.480 e. The van der Waals surface area contributed by atoms with E-state index >= 15 is 0 Å². The second-order valence-corrected chi connectivity index (χ2v) is 4.79. The normalized spacial score (nSPS) is 10.8. The van der Waals surface area contributed by atoms with Gasteiger partial charge in [0, 0.05) is 0 Å². The molecule has 0 aliphatic carbocycles. The number of fused-ring (bicyclic) bond motifs is 1. The number of allylic oxidation sites excluding steroid dienone is 2. The zero-order valence-electron chi connectivity index (χ0n) is 12.9. The molecule has 120 valence electrons. The van der Waals surface area contributed by atoms with Gasteiger partial charge in [-0.1, -0.05) is 54.6 Å². The molecule has 5 heteroatoms. The van der Waals surface area contributed by atoms with Crippen molar-refractivity contribution in [2.45, 2.75) is 13.8 Å². The summed E-state index contributed by atoms with van der Waals surface area (Å²) in [5.74, 6) is -6.16. The van der Waals surface area contributed by atoms with Crippen LogP contribution in [-0.2, 0) is 14.4 Å². The van der Waals surface area contributed by atoms with Crippen molar-refractivity contribution < 1.29 is 24.6 Å². The summed E-state index contributed by atoms with van der Waals surface area (Å²) in [5.41, 5.74) is 0.134. The Kier molecular flexibility index (Phi) is 6.68. The standard InChI is InChI=1S/C10H8.C8H10O5/c1-2-6-10-8-4-3-7-9(10)5-1;1-3-4(2)6(9)5(7(10)11)8(12)13/h1-8H;3,5H,1-2H3,(H,10,11)(H,12,13). The molecule has 0 unspecified atom stereocenters. The van der Waals surface area contributed by atoms with Crippen molar-refractivity contribution in [3.05, 3.63) is 60.2 Å². The highest BCUT2D eigenvalue weighted by molar-refractivity contribution is 6.19. The van der Waals surface area contributed by atoms with E-state index in [-0.39, 0.29) is 5.57 Å². The number of aliphatic carboxylic acids is 2. The zero-order chi connectivity index (χ0) is 17.4. The summed E-state index contributed by atoms with van der Waals surface area (Å²) in [4.78, 5) is 31.9. The summed E-state index contributed by atoms with van der Waals surface area (Å²) in [6, 6.07) is 16.7. The molecule has 2 aromatic carbocycles. The number of carbonyl (C=O) groups excluding carboxylic acids is 1. The quantitative estimate of drug-likeness (QED) is 0.668. The zero-order valence-corrected chi connectivity index (χ0v) is 12.9. The lowest BCUT2D eigenvalue weighted by atomic mass is 9.99. The molecular weight excluding hydrogens is 296 g/mol. The Morgan fingerprint density at radius 3 is 1.48 bits per heavy atom. The molecule has 0 aromatic heterocycles. The maximum Gasteiger partial charge on any atom is 0.325 e. The van der Waals surface area contributed by atoms with Crippen molar-refractivity contribution in [1.29, 1.82) is 0 Å². The van der Waals surface area contributed by atoms with Gasteiger partial charge in [0.05, 0.1) is 0 Å². The molecule has 0 spiro atoms. The van der Waals surface area contributed by atoms with E-state index in [2.05, 4.69) is 48.5 Å². The molecule has 0 amide bonds. The summed E-state index contributed by atoms with van der Waals surface area (Å²) >= 11 is 0. The molecule has 0 radical (unpaired) electrons. The van der Waals surface area contributed by atoms with Gasteiger partial charge in [-0.2, -0.15) is 0 Å². The maximum absolute atomic E-state index is 11.1. The van der Waals surface area contributed by atoms with E-state index in [1.54, 1.807) is 0 Å². The molecule has 5 nitrogen and oxygen atoms in total. The highest BCUT2D eigenvalue weighted by atomic mass is 16.4. The fourth-order valence-corrected chi connectivity index (χ4v) is 1.83. The Morgan fingerprint density at radius 1 is 0.870 bits per heavy atom. The van der Waals surface area contributed by atoms with Crippen molar-refractivity contribution in [1.82, 2.24) is 0 Å². The third kappa shape index (κ3) is 5.07. The molecule has 0 atom stereocenters. The van der Waals surface area contributed by atoms with Crippen molar-refractivity contribution in [2.75, 3.05) is 0 Å². The highest BCUT2D eigenvalue weighted by Crippen LogP contribution is 2.11. The van der Waals surface area contributed by atoms with Gasteiger partial charge in [-0.3, -0.25) is 14.4 Å². The Hall–Kier alpha value is -2.95. The van der Waals surface area contributed by atoms with Gasteiger partial charge < -0.3 is 10.2 Å². The van der Waals surface area contributed by atoms with Gasteiger partial charge in [0.25, 0.3) is 0 Å². The molecule has 0 saturated heterocycles. The van der Waals surface area contributed by atoms with E-state index in [0.717, 1.165) is 0 Å². The van der Waals surface area contributed by atoms with Gasteiger partial charge >= 0.3 is 11.9 Å². The first-order valence-electron chi connectivity index (χ1n) is 6.95. The number of hydrogen-bond acceptors (Lipinski definition) is 3. The molecule has 0 aliphatic rings. The number of carboxylic acid groups (broad SMARTS) is 2. The van der Waals surface area contributed by atoms with Crippen LogP contribution in [0.3, 0.4) is 0 Å². The van der Waals surface area contributed by atoms with Crippen LogP contribution in [0.25, 0.3) is 10.8 Å². The van der Waals surface area contributed by atoms with Crippen LogP contribution < -0.4 is 0 Å². The van der Waals surface area contributed by atoms with Crippen molar-refractivity contribution in [2.24, 2.45) is 5.92 Å². The molecule has 0 aliphatic heterocycles. The number of rotatable bonds is 4. The monoisotopic (exact) mass is 314 g/mol. The summed E-state index contributed by atoms with van der Waals surface area (Å²) in [6.45, 7) is 2.91. The summed E-state index contributed by atoms with van der Waals surface area (Å²) < 4.78 is 0. The lowest BCUT2D eigenvalue weighted by Gasteiger charge is -2.05. The molecule has 23 heavy (non-hydrogen) atoms. The number of carbonyl (C=O) groups is 3. The van der Waals surface area contributed by atoms with Crippen molar-refractivity contribution in [3.8, 4) is 0 Å². The average molecular weight is 314 g/mol. The molecule has 2 N–H and O–H groups in total. The Labute approximate surface area is 133 Å². The second-order valence-electron chi connectivity index (χ2n) is 4.79. The first-order chi connectivity index (χ1) is 10.9. The first-order valence-corrected chi connectivity index (χ1v) is 6.95. The highest BCUT2D eigenvalue weighted by Gasteiger charge is 2.33. The van der Waals surface area contributed by atoms with E-state index < -0.39 is 23.6 Å². The van der Waals surface area contributed by atoms with Gasteiger partial charge in [-0.15, -0.1) is 0 Å². The number of hydrogen-bond donors (Lipinski definition) is 2. The minimum atomic E-state index is -1.99. The van der Waals surface area contributed by atoms with E-state index in [0.29, 0.717) is 0 Å². The minimum Gasteiger partial charge on any atom is -0.480 e. The molecule has 0 heterocycles. The van der Waals surface area contributed by atoms with Crippen molar-refractivity contribution in [3.63, 3.8) is 0 Å². The topological polar surface area (TPSA) is 91.7 Å². The van der Waals surface area contributed by atoms with Gasteiger partial charge in [0.1, 0.15) is 0 Å². The van der Waals surface area contributed by atoms with Crippen LogP contribution in [0.5, 0.6) is 0 Å². The Bertz CT molecular complexity index is 666. The van der Waals surface area contributed by atoms with Gasteiger partial charge in [-0.05, 0) is 30.2 Å². The van der Waals surface area contributed by atoms with Crippen LogP contribution in [0.4, 0.5) is 0 Å². The minimum absolute atomic E-state index is 0.134. The van der Waals surface area contributed by atoms with Crippen LogP contribution in [0, 0.1) is 5.92 Å². The molecule has 2 rings (SSSR count). The fourth-order valence-electron chi connectivity index (χ4n) is 1.83. The molecule has 0 bridgehead atoms.